The summed E-state index contributed by atoms with van der Waals surface area (Å²) in [5, 5.41) is 8.46. The minimum absolute atomic E-state index is 0.153. The summed E-state index contributed by atoms with van der Waals surface area (Å²) in [6.45, 7) is 4.13. The first-order chi connectivity index (χ1) is 11.0. The number of hydrogen-bond acceptors (Lipinski definition) is 3. The summed E-state index contributed by atoms with van der Waals surface area (Å²) in [4.78, 5) is 24.0. The van der Waals surface area contributed by atoms with Gasteiger partial charge in [-0.15, -0.1) is 0 Å². The Kier molecular flexibility index (Phi) is 5.49. The lowest BCUT2D eigenvalue weighted by molar-refractivity contribution is -0.115. The summed E-state index contributed by atoms with van der Waals surface area (Å²) >= 11 is 0. The highest BCUT2D eigenvalue weighted by Gasteiger charge is 2.10. The van der Waals surface area contributed by atoms with Gasteiger partial charge in [0.2, 0.25) is 5.91 Å². The van der Waals surface area contributed by atoms with E-state index in [1.54, 1.807) is 31.3 Å². The SMILES string of the molecule is CNCC(=O)Nc1cccc(C(=O)Nc2c(C)cccc2C)c1. The Bertz CT molecular complexity index is 706. The van der Waals surface area contributed by atoms with Crippen LogP contribution in [0.15, 0.2) is 42.5 Å². The molecule has 5 heteroatoms. The predicted octanol–water partition coefficient (Wildman–Crippen LogP) is 2.71. The van der Waals surface area contributed by atoms with E-state index in [1.165, 1.54) is 0 Å². The number of nitrogens with one attached hydrogen (secondary N) is 3. The van der Waals surface area contributed by atoms with Crippen molar-refractivity contribution in [2.75, 3.05) is 24.2 Å². The number of likely N-dealkylation sites (N-methyl/N-ethyl adjacent to an activating group) is 1. The van der Waals surface area contributed by atoms with Gasteiger partial charge in [0.25, 0.3) is 5.91 Å². The first-order valence-corrected chi connectivity index (χ1v) is 7.43. The molecular weight excluding hydrogens is 290 g/mol. The van der Waals surface area contributed by atoms with Gasteiger partial charge in [-0.25, -0.2) is 0 Å². The number of hydrogen-bond donors (Lipinski definition) is 3. The average Bonchev–Trinajstić information content (AvgIpc) is 2.51. The second-order valence-electron chi connectivity index (χ2n) is 5.38. The molecule has 0 aliphatic carbocycles. The monoisotopic (exact) mass is 311 g/mol. The fourth-order valence-corrected chi connectivity index (χ4v) is 2.30. The van der Waals surface area contributed by atoms with Crippen LogP contribution in [0.4, 0.5) is 11.4 Å². The average molecular weight is 311 g/mol. The van der Waals surface area contributed by atoms with Crippen molar-refractivity contribution in [3.8, 4) is 0 Å². The van der Waals surface area contributed by atoms with Crippen molar-refractivity contribution in [1.82, 2.24) is 5.32 Å². The van der Waals surface area contributed by atoms with Crippen LogP contribution in [0.3, 0.4) is 0 Å². The molecule has 0 spiro atoms. The molecule has 0 saturated heterocycles. The lowest BCUT2D eigenvalue weighted by atomic mass is 10.1. The van der Waals surface area contributed by atoms with Crippen LogP contribution >= 0.6 is 0 Å². The molecule has 0 heterocycles. The van der Waals surface area contributed by atoms with Gasteiger partial charge in [-0.3, -0.25) is 9.59 Å². The topological polar surface area (TPSA) is 70.2 Å². The molecule has 2 amide bonds. The Balaban J connectivity index is 2.15. The van der Waals surface area contributed by atoms with Gasteiger partial charge >= 0.3 is 0 Å². The number of carbonyl (C=O) groups excluding carboxylic acids is 2. The largest absolute Gasteiger partial charge is 0.325 e. The van der Waals surface area contributed by atoms with Gasteiger partial charge in [0.1, 0.15) is 0 Å². The normalized spacial score (nSPS) is 10.2. The Hall–Kier alpha value is -2.66. The minimum atomic E-state index is -0.202. The maximum atomic E-state index is 12.4. The molecule has 23 heavy (non-hydrogen) atoms. The molecule has 120 valence electrons. The zero-order valence-electron chi connectivity index (χ0n) is 13.6. The summed E-state index contributed by atoms with van der Waals surface area (Å²) < 4.78 is 0. The fraction of sp³-hybridized carbons (Fsp3) is 0.222. The van der Waals surface area contributed by atoms with E-state index >= 15 is 0 Å². The van der Waals surface area contributed by atoms with Crippen molar-refractivity contribution in [3.63, 3.8) is 0 Å². The molecule has 5 nitrogen and oxygen atoms in total. The van der Waals surface area contributed by atoms with Crippen molar-refractivity contribution >= 4 is 23.2 Å². The molecule has 0 atom stereocenters. The zero-order chi connectivity index (χ0) is 16.8. The molecule has 2 aromatic rings. The Morgan fingerprint density at radius 2 is 1.61 bits per heavy atom. The zero-order valence-corrected chi connectivity index (χ0v) is 13.6. The van der Waals surface area contributed by atoms with Crippen LogP contribution in [0, 0.1) is 13.8 Å². The van der Waals surface area contributed by atoms with Crippen molar-refractivity contribution in [2.45, 2.75) is 13.8 Å². The highest BCUT2D eigenvalue weighted by atomic mass is 16.2. The van der Waals surface area contributed by atoms with E-state index in [2.05, 4.69) is 16.0 Å². The molecule has 0 aliphatic rings. The molecule has 3 N–H and O–H groups in total. The Morgan fingerprint density at radius 1 is 0.957 bits per heavy atom. The number of anilines is 2. The van der Waals surface area contributed by atoms with Gasteiger partial charge in [-0.1, -0.05) is 24.3 Å². The van der Waals surface area contributed by atoms with Gasteiger partial charge in [0.05, 0.1) is 6.54 Å². The minimum Gasteiger partial charge on any atom is -0.325 e. The van der Waals surface area contributed by atoms with E-state index in [0.717, 1.165) is 16.8 Å². The number of aryl methyl sites for hydroxylation is 2. The first kappa shape index (κ1) is 16.7. The molecule has 0 unspecified atom stereocenters. The van der Waals surface area contributed by atoms with Crippen LogP contribution < -0.4 is 16.0 Å². The predicted molar refractivity (Wildman–Crippen MR) is 92.9 cm³/mol. The fourth-order valence-electron chi connectivity index (χ4n) is 2.30. The third-order valence-electron chi connectivity index (χ3n) is 3.47. The summed E-state index contributed by atoms with van der Waals surface area (Å²) in [7, 11) is 1.70. The van der Waals surface area contributed by atoms with Crippen molar-refractivity contribution in [3.05, 3.63) is 59.2 Å². The van der Waals surface area contributed by atoms with Crippen LogP contribution in [-0.4, -0.2) is 25.4 Å². The summed E-state index contributed by atoms with van der Waals surface area (Å²) in [5.74, 6) is -0.355. The highest BCUT2D eigenvalue weighted by Crippen LogP contribution is 2.21. The molecule has 0 fully saturated rings. The number of benzene rings is 2. The smallest absolute Gasteiger partial charge is 0.255 e. The van der Waals surface area contributed by atoms with Gasteiger partial charge in [-0.05, 0) is 50.2 Å². The first-order valence-electron chi connectivity index (χ1n) is 7.43. The van der Waals surface area contributed by atoms with Gasteiger partial charge < -0.3 is 16.0 Å². The van der Waals surface area contributed by atoms with Crippen molar-refractivity contribution < 1.29 is 9.59 Å². The Morgan fingerprint density at radius 3 is 2.26 bits per heavy atom. The highest BCUT2D eigenvalue weighted by molar-refractivity contribution is 6.06. The molecule has 2 aromatic carbocycles. The molecule has 0 bridgehead atoms. The standard InChI is InChI=1S/C18H21N3O2/c1-12-6-4-7-13(2)17(12)21-18(23)14-8-5-9-15(10-14)20-16(22)11-19-3/h4-10,19H,11H2,1-3H3,(H,20,22)(H,21,23). The van der Waals surface area contributed by atoms with E-state index in [-0.39, 0.29) is 18.4 Å². The second-order valence-corrected chi connectivity index (χ2v) is 5.38. The van der Waals surface area contributed by atoms with Gasteiger partial charge in [-0.2, -0.15) is 0 Å². The number of para-hydroxylation sites is 1. The third kappa shape index (κ3) is 4.40. The van der Waals surface area contributed by atoms with Crippen LogP contribution in [-0.2, 0) is 4.79 Å². The van der Waals surface area contributed by atoms with Crippen LogP contribution in [0.5, 0.6) is 0 Å². The number of amides is 2. The summed E-state index contributed by atoms with van der Waals surface area (Å²) in [5.41, 5.74) is 3.94. The lowest BCUT2D eigenvalue weighted by Crippen LogP contribution is -2.25. The third-order valence-corrected chi connectivity index (χ3v) is 3.47. The maximum Gasteiger partial charge on any atom is 0.255 e. The summed E-state index contributed by atoms with van der Waals surface area (Å²) in [6.07, 6.45) is 0. The second kappa shape index (κ2) is 7.56. The van der Waals surface area contributed by atoms with Gasteiger partial charge in [0.15, 0.2) is 0 Å². The molecular formula is C18H21N3O2. The lowest BCUT2D eigenvalue weighted by Gasteiger charge is -2.12. The van der Waals surface area contributed by atoms with E-state index < -0.39 is 0 Å². The van der Waals surface area contributed by atoms with E-state index in [1.807, 2.05) is 32.0 Å². The molecule has 0 aromatic heterocycles. The van der Waals surface area contributed by atoms with E-state index in [4.69, 9.17) is 0 Å². The summed E-state index contributed by atoms with van der Waals surface area (Å²) in [6, 6.07) is 12.7. The maximum absolute atomic E-state index is 12.4. The van der Waals surface area contributed by atoms with Gasteiger partial charge in [0, 0.05) is 16.9 Å². The Labute approximate surface area is 136 Å². The molecule has 2 rings (SSSR count). The number of carbonyl (C=O) groups is 2. The van der Waals surface area contributed by atoms with Crippen molar-refractivity contribution in [1.29, 1.82) is 0 Å². The number of rotatable bonds is 5. The van der Waals surface area contributed by atoms with Crippen molar-refractivity contribution in [2.24, 2.45) is 0 Å². The van der Waals surface area contributed by atoms with Crippen LogP contribution in [0.25, 0.3) is 0 Å². The molecule has 0 radical (unpaired) electrons. The van der Waals surface area contributed by atoms with Crippen LogP contribution in [0.1, 0.15) is 21.5 Å². The van der Waals surface area contributed by atoms with Crippen LogP contribution in [0.2, 0.25) is 0 Å². The quantitative estimate of drug-likeness (QED) is 0.795. The van der Waals surface area contributed by atoms with E-state index in [9.17, 15) is 9.59 Å². The van der Waals surface area contributed by atoms with E-state index in [0.29, 0.717) is 11.3 Å². The molecule has 0 aliphatic heterocycles. The molecule has 0 saturated carbocycles.